The van der Waals surface area contributed by atoms with Crippen molar-refractivity contribution in [1.29, 1.82) is 0 Å². The lowest BCUT2D eigenvalue weighted by Crippen LogP contribution is -2.46. The van der Waals surface area contributed by atoms with Gasteiger partial charge in [-0.3, -0.25) is 19.8 Å². The zero-order valence-corrected chi connectivity index (χ0v) is 12.9. The maximum absolute atomic E-state index is 12.0. The molecule has 0 saturated carbocycles. The Morgan fingerprint density at radius 1 is 1.36 bits per heavy atom. The van der Waals surface area contributed by atoms with Crippen molar-refractivity contribution in [3.05, 3.63) is 33.9 Å². The Morgan fingerprint density at radius 2 is 2.09 bits per heavy atom. The van der Waals surface area contributed by atoms with Crippen LogP contribution in [0.2, 0.25) is 0 Å². The highest BCUT2D eigenvalue weighted by Crippen LogP contribution is 2.25. The number of aliphatic imine (C=N–C) groups is 1. The van der Waals surface area contributed by atoms with Gasteiger partial charge in [0, 0.05) is 39.3 Å². The highest BCUT2D eigenvalue weighted by molar-refractivity contribution is 6.01. The molecule has 0 aromatic heterocycles. The van der Waals surface area contributed by atoms with Gasteiger partial charge in [-0.15, -0.1) is 0 Å². The average molecular weight is 305 g/mol. The number of carbonyl (C=O) groups is 1. The predicted molar refractivity (Wildman–Crippen MR) is 83.7 cm³/mol. The van der Waals surface area contributed by atoms with Gasteiger partial charge >= 0.3 is 0 Å². The number of likely N-dealkylation sites (N-methyl/N-ethyl adjacent to an activating group) is 2. The number of nitrogens with zero attached hydrogens (tertiary/aromatic N) is 4. The van der Waals surface area contributed by atoms with Crippen LogP contribution in [-0.4, -0.2) is 67.2 Å². The van der Waals surface area contributed by atoms with Crippen LogP contribution >= 0.6 is 0 Å². The lowest BCUT2D eigenvalue weighted by Gasteiger charge is -2.32. The van der Waals surface area contributed by atoms with Crippen molar-refractivity contribution >= 4 is 23.1 Å². The van der Waals surface area contributed by atoms with Gasteiger partial charge < -0.3 is 10.2 Å². The van der Waals surface area contributed by atoms with Crippen molar-refractivity contribution in [3.63, 3.8) is 0 Å². The number of nitro groups is 1. The molecule has 0 unspecified atom stereocenters. The zero-order valence-electron chi connectivity index (χ0n) is 12.9. The van der Waals surface area contributed by atoms with Crippen molar-refractivity contribution in [2.45, 2.75) is 0 Å². The van der Waals surface area contributed by atoms with Crippen LogP contribution in [0.25, 0.3) is 0 Å². The fourth-order valence-corrected chi connectivity index (χ4v) is 2.20. The minimum atomic E-state index is -0.524. The third-order valence-corrected chi connectivity index (χ3v) is 3.58. The maximum atomic E-state index is 12.0. The van der Waals surface area contributed by atoms with Gasteiger partial charge in [-0.05, 0) is 13.1 Å². The second-order valence-corrected chi connectivity index (χ2v) is 5.23. The van der Waals surface area contributed by atoms with E-state index >= 15 is 0 Å². The Labute approximate surface area is 128 Å². The summed E-state index contributed by atoms with van der Waals surface area (Å²) in [6.45, 7) is 2.45. The Hall–Kier alpha value is -2.48. The number of benzene rings is 1. The first kappa shape index (κ1) is 15.9. The zero-order chi connectivity index (χ0) is 16.3. The summed E-state index contributed by atoms with van der Waals surface area (Å²) in [6, 6.07) is 4.13. The lowest BCUT2D eigenvalue weighted by atomic mass is 10.1. The quantitative estimate of drug-likeness (QED) is 0.660. The van der Waals surface area contributed by atoms with Crippen LogP contribution in [0.4, 0.5) is 11.4 Å². The average Bonchev–Trinajstić information content (AvgIpc) is 2.50. The molecule has 8 nitrogen and oxygen atoms in total. The van der Waals surface area contributed by atoms with Gasteiger partial charge in [-0.25, -0.2) is 4.99 Å². The molecular formula is C14H19N5O3. The molecule has 0 bridgehead atoms. The first-order valence-corrected chi connectivity index (χ1v) is 6.90. The SMILES string of the molecule is CNC(=O)c1cc([N+](=O)[O-])ccc1/N=C1/CN(C)CCN1C. The first-order chi connectivity index (χ1) is 10.4. The molecule has 0 aliphatic carbocycles. The Balaban J connectivity index is 2.45. The van der Waals surface area contributed by atoms with Crippen molar-refractivity contribution in [2.75, 3.05) is 40.8 Å². The van der Waals surface area contributed by atoms with Crippen molar-refractivity contribution in [1.82, 2.24) is 15.1 Å². The molecule has 2 rings (SSSR count). The molecule has 22 heavy (non-hydrogen) atoms. The Morgan fingerprint density at radius 3 is 2.73 bits per heavy atom. The van der Waals surface area contributed by atoms with E-state index in [-0.39, 0.29) is 11.3 Å². The van der Waals surface area contributed by atoms with Crippen LogP contribution in [0.3, 0.4) is 0 Å². The van der Waals surface area contributed by atoms with Crippen LogP contribution in [-0.2, 0) is 0 Å². The molecule has 8 heteroatoms. The second-order valence-electron chi connectivity index (χ2n) is 5.23. The monoisotopic (exact) mass is 305 g/mol. The van der Waals surface area contributed by atoms with E-state index in [0.29, 0.717) is 12.2 Å². The summed E-state index contributed by atoms with van der Waals surface area (Å²) in [7, 11) is 5.42. The maximum Gasteiger partial charge on any atom is 0.270 e. The van der Waals surface area contributed by atoms with Gasteiger partial charge in [-0.2, -0.15) is 0 Å². The van der Waals surface area contributed by atoms with Gasteiger partial charge in [0.25, 0.3) is 11.6 Å². The number of carbonyl (C=O) groups excluding carboxylic acids is 1. The molecule has 1 aromatic carbocycles. The van der Waals surface area contributed by atoms with Gasteiger partial charge in [0.05, 0.1) is 22.7 Å². The molecule has 1 heterocycles. The van der Waals surface area contributed by atoms with Crippen molar-refractivity contribution in [2.24, 2.45) is 4.99 Å². The predicted octanol–water partition coefficient (Wildman–Crippen LogP) is 0.862. The summed E-state index contributed by atoms with van der Waals surface area (Å²) < 4.78 is 0. The number of hydrogen-bond donors (Lipinski definition) is 1. The molecule has 118 valence electrons. The molecule has 0 atom stereocenters. The Kier molecular flexibility index (Phi) is 4.71. The smallest absolute Gasteiger partial charge is 0.270 e. The van der Waals surface area contributed by atoms with Gasteiger partial charge in [0.15, 0.2) is 0 Å². The van der Waals surface area contributed by atoms with E-state index in [2.05, 4.69) is 15.2 Å². The third kappa shape index (κ3) is 3.40. The van der Waals surface area contributed by atoms with Crippen LogP contribution in [0, 0.1) is 10.1 Å². The first-order valence-electron chi connectivity index (χ1n) is 6.90. The third-order valence-electron chi connectivity index (χ3n) is 3.58. The van der Waals surface area contributed by atoms with E-state index in [1.54, 1.807) is 0 Å². The molecule has 1 amide bonds. The summed E-state index contributed by atoms with van der Waals surface area (Å²) in [6.07, 6.45) is 0. The van der Waals surface area contributed by atoms with Crippen molar-refractivity contribution in [3.8, 4) is 0 Å². The van der Waals surface area contributed by atoms with E-state index in [0.717, 1.165) is 18.9 Å². The number of amidine groups is 1. The number of rotatable bonds is 3. The molecule has 0 spiro atoms. The summed E-state index contributed by atoms with van der Waals surface area (Å²) in [4.78, 5) is 31.0. The fourth-order valence-electron chi connectivity index (χ4n) is 2.20. The van der Waals surface area contributed by atoms with Crippen LogP contribution in [0.5, 0.6) is 0 Å². The van der Waals surface area contributed by atoms with Gasteiger partial charge in [0.2, 0.25) is 0 Å². The van der Waals surface area contributed by atoms with E-state index in [1.807, 2.05) is 19.0 Å². The number of hydrogen-bond acceptors (Lipinski definition) is 5. The topological polar surface area (TPSA) is 91.1 Å². The van der Waals surface area contributed by atoms with E-state index in [4.69, 9.17) is 0 Å². The van der Waals surface area contributed by atoms with E-state index in [1.165, 1.54) is 25.2 Å². The van der Waals surface area contributed by atoms with E-state index < -0.39 is 10.8 Å². The van der Waals surface area contributed by atoms with Gasteiger partial charge in [-0.1, -0.05) is 0 Å². The number of non-ortho nitro benzene ring substituents is 1. The largest absolute Gasteiger partial charge is 0.361 e. The molecule has 1 aliphatic rings. The van der Waals surface area contributed by atoms with Crippen LogP contribution in [0.15, 0.2) is 23.2 Å². The number of nitro benzene ring substituents is 1. The molecule has 1 N–H and O–H groups in total. The van der Waals surface area contributed by atoms with E-state index in [9.17, 15) is 14.9 Å². The summed E-state index contributed by atoms with van der Waals surface area (Å²) in [5, 5.41) is 13.4. The molecule has 1 fully saturated rings. The molecule has 0 radical (unpaired) electrons. The molecule has 1 aromatic rings. The summed E-state index contributed by atoms with van der Waals surface area (Å²) in [5.74, 6) is 0.433. The summed E-state index contributed by atoms with van der Waals surface area (Å²) >= 11 is 0. The van der Waals surface area contributed by atoms with Gasteiger partial charge in [0.1, 0.15) is 5.84 Å². The normalized spacial score (nSPS) is 17.6. The highest BCUT2D eigenvalue weighted by Gasteiger charge is 2.20. The molecule has 1 aliphatic heterocycles. The minimum Gasteiger partial charge on any atom is -0.361 e. The number of nitrogens with one attached hydrogen (secondary N) is 1. The van der Waals surface area contributed by atoms with Crippen LogP contribution in [0.1, 0.15) is 10.4 Å². The molecular weight excluding hydrogens is 286 g/mol. The number of piperazine rings is 1. The highest BCUT2D eigenvalue weighted by atomic mass is 16.6. The summed E-state index contributed by atoms with van der Waals surface area (Å²) in [5.41, 5.74) is 0.504. The second kappa shape index (κ2) is 6.52. The Bertz CT molecular complexity index is 629. The molecule has 1 saturated heterocycles. The fraction of sp³-hybridized carbons (Fsp3) is 0.429. The number of amides is 1. The lowest BCUT2D eigenvalue weighted by molar-refractivity contribution is -0.384. The van der Waals surface area contributed by atoms with Crippen molar-refractivity contribution < 1.29 is 9.72 Å². The standard InChI is InChI=1S/C14H19N5O3/c1-15-14(20)11-8-10(19(21)22)4-5-12(11)16-13-9-17(2)6-7-18(13)3/h4-5,8H,6-7,9H2,1-3H3,(H,15,20)/b16-13-. The minimum absolute atomic E-state index is 0.128. The van der Waals surface area contributed by atoms with Crippen LogP contribution < -0.4 is 5.32 Å².